The molecule has 0 aromatic heterocycles. The van der Waals surface area contributed by atoms with Gasteiger partial charge in [-0.1, -0.05) is 67.9 Å². The highest BCUT2D eigenvalue weighted by molar-refractivity contribution is 6.00. The molecule has 3 N–H and O–H groups in total. The number of esters is 1. The summed E-state index contributed by atoms with van der Waals surface area (Å²) in [5.74, 6) is 0.0698. The normalized spacial score (nSPS) is 39.9. The monoisotopic (exact) mass is 780 g/mol. The average molecular weight is 780 g/mol. The van der Waals surface area contributed by atoms with Crippen molar-refractivity contribution in [2.45, 2.75) is 158 Å². The predicted molar refractivity (Wildman–Crippen MR) is 221 cm³/mol. The fraction of sp³-hybridized carbons (Fsp3) is 0.872. The van der Waals surface area contributed by atoms with Crippen molar-refractivity contribution in [3.8, 4) is 0 Å². The number of aliphatic carboxylic acids is 1. The maximum atomic E-state index is 14.1. The van der Waals surface area contributed by atoms with Crippen molar-refractivity contribution in [3.63, 3.8) is 0 Å². The van der Waals surface area contributed by atoms with Crippen molar-refractivity contribution < 1.29 is 29.0 Å². The van der Waals surface area contributed by atoms with Gasteiger partial charge in [0.25, 0.3) is 0 Å². The van der Waals surface area contributed by atoms with Crippen LogP contribution in [-0.2, 0) is 23.9 Å². The van der Waals surface area contributed by atoms with Crippen molar-refractivity contribution in [2.24, 2.45) is 68.0 Å². The molecule has 0 saturated heterocycles. The summed E-state index contributed by atoms with van der Waals surface area (Å²) in [4.78, 5) is 53.9. The Bertz CT molecular complexity index is 1630. The Kier molecular flexibility index (Phi) is 11.2. The summed E-state index contributed by atoms with van der Waals surface area (Å²) >= 11 is 0. The van der Waals surface area contributed by atoms with Crippen LogP contribution in [0.4, 0.5) is 0 Å². The molecule has 0 bridgehead atoms. The van der Waals surface area contributed by atoms with Crippen molar-refractivity contribution in [1.29, 1.82) is 0 Å². The smallest absolute Gasteiger partial charge is 0.309 e. The second-order valence-electron chi connectivity index (χ2n) is 22.9. The molecule has 5 saturated carbocycles. The molecule has 6 rings (SSSR count). The van der Waals surface area contributed by atoms with E-state index in [4.69, 9.17) is 4.74 Å². The summed E-state index contributed by atoms with van der Waals surface area (Å²) in [5, 5.41) is 16.5. The Morgan fingerprint density at radius 1 is 0.875 bits per heavy atom. The number of carbonyl (C=O) groups excluding carboxylic acids is 3. The van der Waals surface area contributed by atoms with Gasteiger partial charge in [0.15, 0.2) is 5.78 Å². The van der Waals surface area contributed by atoms with Gasteiger partial charge in [0.1, 0.15) is 6.10 Å². The molecule has 0 aliphatic heterocycles. The van der Waals surface area contributed by atoms with Crippen molar-refractivity contribution in [2.75, 3.05) is 33.7 Å². The lowest BCUT2D eigenvalue weighted by molar-refractivity contribution is -0.236. The number of allylic oxidation sites excluding steroid dienone is 2. The second-order valence-corrected chi connectivity index (χ2v) is 22.9. The van der Waals surface area contributed by atoms with Gasteiger partial charge in [-0.2, -0.15) is 0 Å². The van der Waals surface area contributed by atoms with Gasteiger partial charge >= 0.3 is 11.9 Å². The van der Waals surface area contributed by atoms with E-state index in [2.05, 4.69) is 72.9 Å². The number of carboxylic acids is 1. The number of amides is 1. The summed E-state index contributed by atoms with van der Waals surface area (Å²) in [6.07, 6.45) is 10.4. The minimum atomic E-state index is -0.822. The van der Waals surface area contributed by atoms with Crippen LogP contribution in [0.3, 0.4) is 0 Å². The summed E-state index contributed by atoms with van der Waals surface area (Å²) in [6, 6.07) is 0. The van der Waals surface area contributed by atoms with Crippen LogP contribution < -0.4 is 10.6 Å². The molecule has 1 amide bonds. The highest BCUT2D eigenvalue weighted by atomic mass is 16.5. The number of carbonyl (C=O) groups is 4. The molecule has 0 aromatic carbocycles. The third-order valence-electron chi connectivity index (χ3n) is 17.9. The van der Waals surface area contributed by atoms with E-state index in [-0.39, 0.29) is 62.4 Å². The molecule has 0 aromatic rings. The van der Waals surface area contributed by atoms with Crippen molar-refractivity contribution >= 4 is 23.6 Å². The van der Waals surface area contributed by atoms with E-state index in [0.29, 0.717) is 49.5 Å². The molecule has 0 unspecified atom stereocenters. The standard InChI is InChI=1S/C47H77N3O6/c1-28(2)37-32(51)25-47(22-23-48-27-41(3,4)49-36(52)26-50(12)13)21-20-45(10)29(38(37)47)14-15-34-44(9)18-17-35(43(7,8)33(44)16-19-46(34,45)11)56-40(55)31-24-30(39(53)54)42(31,5)6/h28-31,33-35,48H,14-27H2,1-13H3,(H,49,52)(H,53,54)/t29-,30+,31-,33+,34-,35+,44+,45-,46-,47-/m1/s1. The number of carboxylic acid groups (broad SMARTS) is 1. The first-order chi connectivity index (χ1) is 25.8. The summed E-state index contributed by atoms with van der Waals surface area (Å²) in [5.41, 5.74) is 1.72. The molecule has 6 aliphatic rings. The van der Waals surface area contributed by atoms with E-state index in [9.17, 15) is 24.3 Å². The number of likely N-dealkylation sites (N-methyl/N-ethyl adjacent to an activating group) is 1. The van der Waals surface area contributed by atoms with Gasteiger partial charge in [-0.05, 0) is 150 Å². The topological polar surface area (TPSA) is 125 Å². The molecule has 0 spiro atoms. The Balaban J connectivity index is 1.20. The fourth-order valence-corrected chi connectivity index (χ4v) is 14.7. The Labute approximate surface area is 338 Å². The van der Waals surface area contributed by atoms with E-state index in [0.717, 1.165) is 69.9 Å². The number of ether oxygens (including phenoxy) is 1. The lowest BCUT2D eigenvalue weighted by Crippen LogP contribution is -2.66. The maximum absolute atomic E-state index is 14.1. The molecule has 0 heterocycles. The summed E-state index contributed by atoms with van der Waals surface area (Å²) in [6.45, 7) is 26.7. The molecule has 10 atom stereocenters. The number of nitrogens with one attached hydrogen (secondary N) is 2. The van der Waals surface area contributed by atoms with Gasteiger partial charge in [-0.15, -0.1) is 0 Å². The van der Waals surface area contributed by atoms with E-state index in [1.807, 2.05) is 32.8 Å². The van der Waals surface area contributed by atoms with Crippen LogP contribution in [0.15, 0.2) is 11.1 Å². The Morgan fingerprint density at radius 2 is 1.55 bits per heavy atom. The minimum Gasteiger partial charge on any atom is -0.481 e. The first-order valence-electron chi connectivity index (χ1n) is 22.1. The van der Waals surface area contributed by atoms with E-state index in [1.165, 1.54) is 5.57 Å². The van der Waals surface area contributed by atoms with E-state index in [1.54, 1.807) is 0 Å². The zero-order valence-electron chi connectivity index (χ0n) is 37.4. The van der Waals surface area contributed by atoms with Crippen LogP contribution in [0.5, 0.6) is 0 Å². The van der Waals surface area contributed by atoms with E-state index < -0.39 is 17.3 Å². The summed E-state index contributed by atoms with van der Waals surface area (Å²) in [7, 11) is 3.81. The number of nitrogens with zero attached hydrogens (tertiary/aromatic N) is 1. The predicted octanol–water partition coefficient (Wildman–Crippen LogP) is 8.06. The Hall–Kier alpha value is -2.26. The number of ketones is 1. The Morgan fingerprint density at radius 3 is 2.16 bits per heavy atom. The molecular weight excluding hydrogens is 703 g/mol. The van der Waals surface area contributed by atoms with Crippen molar-refractivity contribution in [3.05, 3.63) is 11.1 Å². The van der Waals surface area contributed by atoms with Gasteiger partial charge in [-0.25, -0.2) is 0 Å². The largest absolute Gasteiger partial charge is 0.481 e. The molecule has 0 radical (unpaired) electrons. The highest BCUT2D eigenvalue weighted by Crippen LogP contribution is 2.77. The molecule has 56 heavy (non-hydrogen) atoms. The van der Waals surface area contributed by atoms with E-state index >= 15 is 0 Å². The van der Waals surface area contributed by atoms with Crippen LogP contribution >= 0.6 is 0 Å². The molecule has 316 valence electrons. The van der Waals surface area contributed by atoms with Gasteiger partial charge in [0.2, 0.25) is 5.91 Å². The maximum Gasteiger partial charge on any atom is 0.309 e. The van der Waals surface area contributed by atoms with Crippen LogP contribution in [0, 0.1) is 68.0 Å². The first kappa shape index (κ1) is 43.3. The molecule has 5 fully saturated rings. The third-order valence-corrected chi connectivity index (χ3v) is 17.9. The number of fused-ring (bicyclic) bond motifs is 7. The second kappa shape index (κ2) is 14.5. The number of Topliss-reactive ketones (excluding diaryl/α,β-unsaturated/α-hetero) is 1. The number of hydrogen-bond acceptors (Lipinski definition) is 7. The first-order valence-corrected chi connectivity index (χ1v) is 22.1. The lowest BCUT2D eigenvalue weighted by Gasteiger charge is -2.72. The molecule has 9 nitrogen and oxygen atoms in total. The highest BCUT2D eigenvalue weighted by Gasteiger charge is 2.70. The van der Waals surface area contributed by atoms with Crippen molar-refractivity contribution in [1.82, 2.24) is 15.5 Å². The van der Waals surface area contributed by atoms with Gasteiger partial charge in [0.05, 0.1) is 18.4 Å². The van der Waals surface area contributed by atoms with Crippen LogP contribution in [0.2, 0.25) is 0 Å². The number of rotatable bonds is 12. The fourth-order valence-electron chi connectivity index (χ4n) is 14.7. The molecular formula is C47H77N3O6. The SMILES string of the molecule is CC(C)C1=C2[C@H]3CC[C@@H]4[C@@]5(C)CC[C@H](OC(=O)[C@H]6C[C@@H](C(=O)O)C6(C)C)C(C)(C)[C@@H]5CC[C@@]4(C)[C@]3(C)CC[C@@]2(CCNCC(C)(C)NC(=O)CN(C)C)CC1=O. The summed E-state index contributed by atoms with van der Waals surface area (Å²) < 4.78 is 6.43. The molecule has 9 heteroatoms. The van der Waals surface area contributed by atoms with Gasteiger partial charge in [-0.3, -0.25) is 19.2 Å². The van der Waals surface area contributed by atoms with Crippen LogP contribution in [0.25, 0.3) is 0 Å². The zero-order chi connectivity index (χ0) is 41.6. The van der Waals surface area contributed by atoms with Gasteiger partial charge in [0, 0.05) is 29.3 Å². The third kappa shape index (κ3) is 6.82. The minimum absolute atomic E-state index is 0.0255. The van der Waals surface area contributed by atoms with Gasteiger partial charge < -0.3 is 25.4 Å². The van der Waals surface area contributed by atoms with Crippen LogP contribution in [0.1, 0.15) is 147 Å². The number of hydrogen-bond donors (Lipinski definition) is 3. The quantitative estimate of drug-likeness (QED) is 0.134. The zero-order valence-corrected chi connectivity index (χ0v) is 37.4. The van der Waals surface area contributed by atoms with Crippen LogP contribution in [-0.4, -0.2) is 79.0 Å². The molecule has 6 aliphatic carbocycles. The lowest BCUT2D eigenvalue weighted by atomic mass is 9.33. The average Bonchev–Trinajstić information content (AvgIpc) is 3.35.